The Kier molecular flexibility index (Phi) is 7.72. The van der Waals surface area contributed by atoms with Gasteiger partial charge < -0.3 is 10.6 Å². The average Bonchev–Trinajstić information content (AvgIpc) is 2.69. The number of halogens is 1. The van der Waals surface area contributed by atoms with Gasteiger partial charge in [0.05, 0.1) is 12.6 Å². The standard InChI is InChI=1S/C22H28BrN3O/c23-19-11-9-18(10-12-19)21(25-20-7-3-1-4-8-20)13-14-24-22(27)17-26-15-5-2-6-16-26/h1,3-4,7-12,21,25H,2,5-6,13-17H2,(H,24,27). The molecule has 5 heteroatoms. The van der Waals surface area contributed by atoms with Crippen LogP contribution in [0, 0.1) is 0 Å². The van der Waals surface area contributed by atoms with Gasteiger partial charge in [0.25, 0.3) is 0 Å². The third kappa shape index (κ3) is 6.67. The number of rotatable bonds is 8. The van der Waals surface area contributed by atoms with Gasteiger partial charge in [-0.05, 0) is 62.2 Å². The van der Waals surface area contributed by atoms with E-state index in [9.17, 15) is 4.79 Å². The SMILES string of the molecule is O=C(CN1CCCCC1)NCCC(Nc1ccccc1)c1ccc(Br)cc1. The molecule has 1 unspecified atom stereocenters. The lowest BCUT2D eigenvalue weighted by Gasteiger charge is -2.26. The Bertz CT molecular complexity index is 699. The summed E-state index contributed by atoms with van der Waals surface area (Å²) in [5.41, 5.74) is 2.30. The number of amides is 1. The maximum atomic E-state index is 12.3. The fourth-order valence-corrected chi connectivity index (χ4v) is 3.75. The number of likely N-dealkylation sites (tertiary alicyclic amines) is 1. The van der Waals surface area contributed by atoms with Crippen LogP contribution >= 0.6 is 15.9 Å². The maximum absolute atomic E-state index is 12.3. The summed E-state index contributed by atoms with van der Waals surface area (Å²) in [5.74, 6) is 0.131. The molecule has 0 spiro atoms. The van der Waals surface area contributed by atoms with E-state index in [1.807, 2.05) is 18.2 Å². The molecular weight excluding hydrogens is 402 g/mol. The quantitative estimate of drug-likeness (QED) is 0.644. The van der Waals surface area contributed by atoms with Crippen molar-refractivity contribution in [3.63, 3.8) is 0 Å². The highest BCUT2D eigenvalue weighted by Crippen LogP contribution is 2.24. The Labute approximate surface area is 170 Å². The van der Waals surface area contributed by atoms with Crippen molar-refractivity contribution in [3.8, 4) is 0 Å². The van der Waals surface area contributed by atoms with E-state index in [0.717, 1.165) is 29.7 Å². The summed E-state index contributed by atoms with van der Waals surface area (Å²) in [7, 11) is 0. The number of nitrogens with one attached hydrogen (secondary N) is 2. The van der Waals surface area contributed by atoms with E-state index in [1.165, 1.54) is 24.8 Å². The minimum absolute atomic E-state index is 0.131. The van der Waals surface area contributed by atoms with Crippen LogP contribution in [0.4, 0.5) is 5.69 Å². The number of para-hydroxylation sites is 1. The van der Waals surface area contributed by atoms with E-state index in [4.69, 9.17) is 0 Å². The average molecular weight is 430 g/mol. The van der Waals surface area contributed by atoms with Crippen molar-refractivity contribution >= 4 is 27.5 Å². The fourth-order valence-electron chi connectivity index (χ4n) is 3.49. The van der Waals surface area contributed by atoms with Crippen molar-refractivity contribution in [2.75, 3.05) is 31.5 Å². The second-order valence-electron chi connectivity index (χ2n) is 7.09. The largest absolute Gasteiger partial charge is 0.378 e. The summed E-state index contributed by atoms with van der Waals surface area (Å²) >= 11 is 3.50. The summed E-state index contributed by atoms with van der Waals surface area (Å²) in [6, 6.07) is 18.7. The lowest BCUT2D eigenvalue weighted by Crippen LogP contribution is -2.40. The van der Waals surface area contributed by atoms with E-state index in [-0.39, 0.29) is 11.9 Å². The third-order valence-corrected chi connectivity index (χ3v) is 5.49. The summed E-state index contributed by atoms with van der Waals surface area (Å²) in [4.78, 5) is 14.5. The van der Waals surface area contributed by atoms with Gasteiger partial charge in [-0.15, -0.1) is 0 Å². The van der Waals surface area contributed by atoms with Gasteiger partial charge in [-0.25, -0.2) is 0 Å². The molecule has 1 aliphatic heterocycles. The Morgan fingerprint density at radius 1 is 1.00 bits per heavy atom. The molecule has 27 heavy (non-hydrogen) atoms. The summed E-state index contributed by atoms with van der Waals surface area (Å²) in [5, 5.41) is 6.69. The number of nitrogens with zero attached hydrogens (tertiary/aromatic N) is 1. The first-order valence-electron chi connectivity index (χ1n) is 9.77. The molecule has 144 valence electrons. The van der Waals surface area contributed by atoms with Crippen molar-refractivity contribution in [1.29, 1.82) is 0 Å². The molecule has 1 atom stereocenters. The molecule has 0 saturated carbocycles. The molecule has 0 aromatic heterocycles. The van der Waals surface area contributed by atoms with Gasteiger partial charge in [0, 0.05) is 16.7 Å². The molecule has 1 amide bonds. The number of hydrogen-bond donors (Lipinski definition) is 2. The predicted octanol–water partition coefficient (Wildman–Crippen LogP) is 4.59. The van der Waals surface area contributed by atoms with Crippen molar-refractivity contribution in [1.82, 2.24) is 10.2 Å². The smallest absolute Gasteiger partial charge is 0.234 e. The molecule has 1 fully saturated rings. The van der Waals surface area contributed by atoms with Crippen molar-refractivity contribution in [2.45, 2.75) is 31.7 Å². The molecule has 2 N–H and O–H groups in total. The van der Waals surface area contributed by atoms with Crippen molar-refractivity contribution in [2.24, 2.45) is 0 Å². The first kappa shape index (κ1) is 19.9. The molecule has 2 aromatic rings. The number of anilines is 1. The number of hydrogen-bond acceptors (Lipinski definition) is 3. The molecule has 3 rings (SSSR count). The van der Waals surface area contributed by atoms with Crippen LogP contribution in [-0.2, 0) is 4.79 Å². The molecule has 0 radical (unpaired) electrons. The zero-order valence-corrected chi connectivity index (χ0v) is 17.2. The van der Waals surface area contributed by atoms with Crippen LogP contribution in [0.3, 0.4) is 0 Å². The second kappa shape index (κ2) is 10.5. The monoisotopic (exact) mass is 429 g/mol. The van der Waals surface area contributed by atoms with Gasteiger partial charge in [0.1, 0.15) is 0 Å². The predicted molar refractivity (Wildman–Crippen MR) is 115 cm³/mol. The molecule has 2 aromatic carbocycles. The lowest BCUT2D eigenvalue weighted by atomic mass is 10.0. The maximum Gasteiger partial charge on any atom is 0.234 e. The zero-order chi connectivity index (χ0) is 18.9. The van der Waals surface area contributed by atoms with Gasteiger partial charge >= 0.3 is 0 Å². The van der Waals surface area contributed by atoms with Crippen LogP contribution in [0.15, 0.2) is 59.1 Å². The number of benzene rings is 2. The highest BCUT2D eigenvalue weighted by atomic mass is 79.9. The minimum atomic E-state index is 0.131. The summed E-state index contributed by atoms with van der Waals surface area (Å²) in [6.07, 6.45) is 4.54. The van der Waals surface area contributed by atoms with Gasteiger partial charge in [0.2, 0.25) is 5.91 Å². The van der Waals surface area contributed by atoms with E-state index in [1.54, 1.807) is 0 Å². The summed E-state index contributed by atoms with van der Waals surface area (Å²) in [6.45, 7) is 3.28. The van der Waals surface area contributed by atoms with Crippen LogP contribution in [-0.4, -0.2) is 37.0 Å². The van der Waals surface area contributed by atoms with Crippen LogP contribution < -0.4 is 10.6 Å². The van der Waals surface area contributed by atoms with Crippen LogP contribution in [0.2, 0.25) is 0 Å². The van der Waals surface area contributed by atoms with E-state index < -0.39 is 0 Å². The van der Waals surface area contributed by atoms with E-state index >= 15 is 0 Å². The lowest BCUT2D eigenvalue weighted by molar-refractivity contribution is -0.122. The molecule has 0 aliphatic carbocycles. The highest BCUT2D eigenvalue weighted by molar-refractivity contribution is 9.10. The normalized spacial score (nSPS) is 15.9. The zero-order valence-electron chi connectivity index (χ0n) is 15.7. The minimum Gasteiger partial charge on any atom is -0.378 e. The topological polar surface area (TPSA) is 44.4 Å². The Morgan fingerprint density at radius 3 is 2.41 bits per heavy atom. The third-order valence-electron chi connectivity index (χ3n) is 4.96. The van der Waals surface area contributed by atoms with Crippen molar-refractivity contribution < 1.29 is 4.79 Å². The first-order valence-corrected chi connectivity index (χ1v) is 10.6. The van der Waals surface area contributed by atoms with E-state index in [2.05, 4.69) is 67.9 Å². The number of carbonyl (C=O) groups excluding carboxylic acids is 1. The number of carbonyl (C=O) groups is 1. The van der Waals surface area contributed by atoms with Crippen LogP contribution in [0.25, 0.3) is 0 Å². The molecular formula is C22H28BrN3O. The molecule has 1 heterocycles. The van der Waals surface area contributed by atoms with Gasteiger partial charge in [-0.2, -0.15) is 0 Å². The molecule has 0 bridgehead atoms. The van der Waals surface area contributed by atoms with Crippen molar-refractivity contribution in [3.05, 3.63) is 64.6 Å². The highest BCUT2D eigenvalue weighted by Gasteiger charge is 2.15. The van der Waals surface area contributed by atoms with Gasteiger partial charge in [-0.3, -0.25) is 9.69 Å². The first-order chi connectivity index (χ1) is 13.2. The van der Waals surface area contributed by atoms with Gasteiger partial charge in [0.15, 0.2) is 0 Å². The molecule has 1 saturated heterocycles. The second-order valence-corrected chi connectivity index (χ2v) is 8.01. The van der Waals surface area contributed by atoms with Crippen LogP contribution in [0.1, 0.15) is 37.3 Å². The Hall–Kier alpha value is -1.85. The van der Waals surface area contributed by atoms with E-state index in [0.29, 0.717) is 13.1 Å². The molecule has 4 nitrogen and oxygen atoms in total. The summed E-state index contributed by atoms with van der Waals surface area (Å²) < 4.78 is 1.07. The Morgan fingerprint density at radius 2 is 1.70 bits per heavy atom. The molecule has 1 aliphatic rings. The number of piperidine rings is 1. The van der Waals surface area contributed by atoms with Gasteiger partial charge in [-0.1, -0.05) is 52.7 Å². The fraction of sp³-hybridized carbons (Fsp3) is 0.409. The van der Waals surface area contributed by atoms with Crippen LogP contribution in [0.5, 0.6) is 0 Å². The Balaban J connectivity index is 1.54.